The summed E-state index contributed by atoms with van der Waals surface area (Å²) in [7, 11) is 3.29. The smallest absolute Gasteiger partial charge is 0.336 e. The molecule has 0 spiro atoms. The van der Waals surface area contributed by atoms with Gasteiger partial charge in [-0.25, -0.2) is 4.79 Å². The summed E-state index contributed by atoms with van der Waals surface area (Å²) in [6, 6.07) is 4.85. The maximum absolute atomic E-state index is 11.7. The summed E-state index contributed by atoms with van der Waals surface area (Å²) in [5.74, 6) is 0.117. The zero-order valence-corrected chi connectivity index (χ0v) is 13.8. The number of phenols is 1. The van der Waals surface area contributed by atoms with Gasteiger partial charge in [-0.15, -0.1) is 0 Å². The van der Waals surface area contributed by atoms with Crippen molar-refractivity contribution in [2.24, 2.45) is 0 Å². The summed E-state index contributed by atoms with van der Waals surface area (Å²) >= 11 is 0. The Hall–Kier alpha value is -1.89. The van der Waals surface area contributed by atoms with Crippen LogP contribution in [0.15, 0.2) is 27.4 Å². The van der Waals surface area contributed by atoms with Crippen LogP contribution in [0.5, 0.6) is 5.75 Å². The first-order valence-corrected chi connectivity index (χ1v) is 7.52. The van der Waals surface area contributed by atoms with Crippen molar-refractivity contribution in [3.05, 3.63) is 39.7 Å². The van der Waals surface area contributed by atoms with Crippen molar-refractivity contribution < 1.29 is 19.0 Å². The number of fused-ring (bicyclic) bond motifs is 1. The summed E-state index contributed by atoms with van der Waals surface area (Å²) < 4.78 is 15.6. The first kappa shape index (κ1) is 17.5. The number of benzene rings is 1. The topological polar surface area (TPSA) is 72.1 Å². The van der Waals surface area contributed by atoms with E-state index >= 15 is 0 Å². The maximum Gasteiger partial charge on any atom is 0.336 e. The van der Waals surface area contributed by atoms with Gasteiger partial charge >= 0.3 is 5.63 Å². The molecule has 126 valence electrons. The molecule has 2 aromatic rings. The quantitative estimate of drug-likeness (QED) is 0.749. The molecule has 0 unspecified atom stereocenters. The molecule has 6 heteroatoms. The molecule has 0 saturated heterocycles. The third-order valence-corrected chi connectivity index (χ3v) is 3.80. The summed E-state index contributed by atoms with van der Waals surface area (Å²) in [6.45, 7) is 4.81. The molecule has 2 rings (SSSR count). The van der Waals surface area contributed by atoms with E-state index < -0.39 is 5.63 Å². The number of rotatable bonds is 8. The molecule has 1 N–H and O–H groups in total. The Labute approximate surface area is 135 Å². The second kappa shape index (κ2) is 8.10. The third kappa shape index (κ3) is 4.31. The summed E-state index contributed by atoms with van der Waals surface area (Å²) in [4.78, 5) is 13.8. The Morgan fingerprint density at radius 1 is 1.17 bits per heavy atom. The zero-order chi connectivity index (χ0) is 16.8. The molecule has 1 aromatic carbocycles. The third-order valence-electron chi connectivity index (χ3n) is 3.80. The zero-order valence-electron chi connectivity index (χ0n) is 13.8. The minimum absolute atomic E-state index is 0.117. The van der Waals surface area contributed by atoms with Crippen molar-refractivity contribution >= 4 is 11.0 Å². The average Bonchev–Trinajstić information content (AvgIpc) is 2.52. The summed E-state index contributed by atoms with van der Waals surface area (Å²) in [5, 5.41) is 11.1. The highest BCUT2D eigenvalue weighted by atomic mass is 16.5. The second-order valence-electron chi connectivity index (χ2n) is 5.45. The van der Waals surface area contributed by atoms with Gasteiger partial charge in [-0.2, -0.15) is 0 Å². The van der Waals surface area contributed by atoms with Gasteiger partial charge in [0.15, 0.2) is 0 Å². The Balaban J connectivity index is 2.39. The van der Waals surface area contributed by atoms with E-state index in [0.29, 0.717) is 44.0 Å². The van der Waals surface area contributed by atoms with Crippen molar-refractivity contribution in [3.8, 4) is 5.75 Å². The van der Waals surface area contributed by atoms with E-state index in [1.165, 1.54) is 6.07 Å². The van der Waals surface area contributed by atoms with E-state index in [4.69, 9.17) is 13.9 Å². The fraction of sp³-hybridized carbons (Fsp3) is 0.471. The van der Waals surface area contributed by atoms with Crippen LogP contribution in [0, 0.1) is 6.92 Å². The van der Waals surface area contributed by atoms with Gasteiger partial charge in [0, 0.05) is 45.3 Å². The van der Waals surface area contributed by atoms with E-state index in [2.05, 4.69) is 4.90 Å². The molecule has 0 aliphatic carbocycles. The molecular weight excluding hydrogens is 298 g/mol. The normalized spacial score (nSPS) is 11.5. The van der Waals surface area contributed by atoms with E-state index in [1.807, 2.05) is 6.92 Å². The van der Waals surface area contributed by atoms with Crippen LogP contribution in [0.3, 0.4) is 0 Å². The monoisotopic (exact) mass is 321 g/mol. The van der Waals surface area contributed by atoms with Crippen LogP contribution in [-0.4, -0.2) is 50.5 Å². The lowest BCUT2D eigenvalue weighted by atomic mass is 10.1. The van der Waals surface area contributed by atoms with Gasteiger partial charge in [-0.05, 0) is 24.6 Å². The van der Waals surface area contributed by atoms with Crippen LogP contribution in [0.25, 0.3) is 11.0 Å². The number of aryl methyl sites for hydroxylation is 1. The molecule has 0 amide bonds. The van der Waals surface area contributed by atoms with Crippen molar-refractivity contribution in [1.82, 2.24) is 4.90 Å². The SMILES string of the molecule is COCCN(CCOC)Cc1c(O)ccc2c(C)cc(=O)oc12. The van der Waals surface area contributed by atoms with Crippen LogP contribution in [0.2, 0.25) is 0 Å². The molecule has 0 aliphatic rings. The van der Waals surface area contributed by atoms with Crippen molar-refractivity contribution in [3.63, 3.8) is 0 Å². The largest absolute Gasteiger partial charge is 0.507 e. The van der Waals surface area contributed by atoms with Gasteiger partial charge in [0.1, 0.15) is 11.3 Å². The lowest BCUT2D eigenvalue weighted by Gasteiger charge is -2.22. The summed E-state index contributed by atoms with van der Waals surface area (Å²) in [5.41, 5.74) is 1.46. The lowest BCUT2D eigenvalue weighted by Crippen LogP contribution is -2.30. The van der Waals surface area contributed by atoms with Crippen molar-refractivity contribution in [2.45, 2.75) is 13.5 Å². The first-order chi connectivity index (χ1) is 11.1. The van der Waals surface area contributed by atoms with E-state index in [1.54, 1.807) is 26.4 Å². The van der Waals surface area contributed by atoms with E-state index in [9.17, 15) is 9.90 Å². The Morgan fingerprint density at radius 2 is 1.83 bits per heavy atom. The van der Waals surface area contributed by atoms with Gasteiger partial charge in [-0.1, -0.05) is 0 Å². The number of methoxy groups -OCH3 is 2. The Bertz CT molecular complexity index is 702. The average molecular weight is 321 g/mol. The molecule has 6 nitrogen and oxygen atoms in total. The minimum atomic E-state index is -0.415. The van der Waals surface area contributed by atoms with Gasteiger partial charge < -0.3 is 19.0 Å². The second-order valence-corrected chi connectivity index (χ2v) is 5.45. The number of hydrogen-bond acceptors (Lipinski definition) is 6. The van der Waals surface area contributed by atoms with Crippen molar-refractivity contribution in [2.75, 3.05) is 40.5 Å². The minimum Gasteiger partial charge on any atom is -0.507 e. The fourth-order valence-corrected chi connectivity index (χ4v) is 2.52. The lowest BCUT2D eigenvalue weighted by molar-refractivity contribution is 0.110. The number of phenolic OH excluding ortho intramolecular Hbond substituents is 1. The van der Waals surface area contributed by atoms with Crippen LogP contribution < -0.4 is 5.63 Å². The number of ether oxygens (including phenoxy) is 2. The van der Waals surface area contributed by atoms with E-state index in [-0.39, 0.29) is 5.75 Å². The standard InChI is InChI=1S/C17H23NO5/c1-12-10-16(20)23-17-13(12)4-5-15(19)14(17)11-18(6-8-21-2)7-9-22-3/h4-5,10,19H,6-9,11H2,1-3H3. The number of aromatic hydroxyl groups is 1. The van der Waals surface area contributed by atoms with Crippen LogP contribution in [-0.2, 0) is 16.0 Å². The molecule has 0 radical (unpaired) electrons. The van der Waals surface area contributed by atoms with Gasteiger partial charge in [0.2, 0.25) is 0 Å². The molecule has 0 saturated carbocycles. The molecule has 23 heavy (non-hydrogen) atoms. The molecule has 0 bridgehead atoms. The van der Waals surface area contributed by atoms with Gasteiger partial charge in [-0.3, -0.25) is 4.90 Å². The van der Waals surface area contributed by atoms with Crippen LogP contribution in [0.1, 0.15) is 11.1 Å². The highest BCUT2D eigenvalue weighted by Gasteiger charge is 2.15. The predicted molar refractivity (Wildman–Crippen MR) is 87.9 cm³/mol. The van der Waals surface area contributed by atoms with E-state index in [0.717, 1.165) is 10.9 Å². The molecule has 0 aliphatic heterocycles. The molecule has 1 aromatic heterocycles. The highest BCUT2D eigenvalue weighted by Crippen LogP contribution is 2.29. The van der Waals surface area contributed by atoms with Gasteiger partial charge in [0.05, 0.1) is 18.8 Å². The molecule has 1 heterocycles. The number of nitrogens with zero attached hydrogens (tertiary/aromatic N) is 1. The summed E-state index contributed by atoms with van der Waals surface area (Å²) in [6.07, 6.45) is 0. The predicted octanol–water partition coefficient (Wildman–Crippen LogP) is 1.90. The molecule has 0 fully saturated rings. The molecule has 0 atom stereocenters. The fourth-order valence-electron chi connectivity index (χ4n) is 2.52. The Kier molecular flexibility index (Phi) is 6.15. The van der Waals surface area contributed by atoms with Crippen LogP contribution in [0.4, 0.5) is 0 Å². The molecular formula is C17H23NO5. The maximum atomic E-state index is 11.7. The Morgan fingerprint density at radius 3 is 2.43 bits per heavy atom. The number of hydrogen-bond donors (Lipinski definition) is 1. The van der Waals surface area contributed by atoms with Gasteiger partial charge in [0.25, 0.3) is 0 Å². The van der Waals surface area contributed by atoms with Crippen LogP contribution >= 0.6 is 0 Å². The highest BCUT2D eigenvalue weighted by molar-refractivity contribution is 5.84. The first-order valence-electron chi connectivity index (χ1n) is 7.52. The van der Waals surface area contributed by atoms with Crippen molar-refractivity contribution in [1.29, 1.82) is 0 Å².